The lowest BCUT2D eigenvalue weighted by Crippen LogP contribution is -2.36. The summed E-state index contributed by atoms with van der Waals surface area (Å²) in [5, 5.41) is 3.08. The first-order valence-corrected chi connectivity index (χ1v) is 8.09. The number of rotatable bonds is 5. The maximum Gasteiger partial charge on any atom is 0.242 e. The molecule has 0 aromatic carbocycles. The van der Waals surface area contributed by atoms with Crippen molar-refractivity contribution in [3.63, 3.8) is 0 Å². The van der Waals surface area contributed by atoms with Crippen LogP contribution in [0.3, 0.4) is 0 Å². The van der Waals surface area contributed by atoms with Crippen LogP contribution in [0.1, 0.15) is 0 Å². The van der Waals surface area contributed by atoms with E-state index in [-0.39, 0.29) is 11.6 Å². The molecule has 1 aromatic rings. The van der Waals surface area contributed by atoms with E-state index in [1.54, 1.807) is 5.38 Å². The highest BCUT2D eigenvalue weighted by Gasteiger charge is 2.13. The van der Waals surface area contributed by atoms with Gasteiger partial charge in [-0.3, -0.25) is 0 Å². The van der Waals surface area contributed by atoms with E-state index < -0.39 is 20.0 Å². The van der Waals surface area contributed by atoms with Crippen molar-refractivity contribution in [2.24, 2.45) is 0 Å². The summed E-state index contributed by atoms with van der Waals surface area (Å²) in [6.45, 7) is -0.350. The molecule has 86 valence electrons. The fraction of sp³-hybridized carbons (Fsp3) is 0.333. The Kier molecular flexibility index (Phi) is 3.84. The highest BCUT2D eigenvalue weighted by Crippen LogP contribution is 2.11. The second-order valence-electron chi connectivity index (χ2n) is 2.70. The molecule has 9 heteroatoms. The molecule has 0 fully saturated rings. The molecule has 0 aliphatic heterocycles. The van der Waals surface area contributed by atoms with E-state index in [9.17, 15) is 16.8 Å². The Morgan fingerprint density at radius 3 is 2.40 bits per heavy atom. The molecule has 6 nitrogen and oxygen atoms in total. The lowest BCUT2D eigenvalue weighted by atomic mass is 10.7. The van der Waals surface area contributed by atoms with Gasteiger partial charge in [0.15, 0.2) is 0 Å². The largest absolute Gasteiger partial charge is 0.242 e. The van der Waals surface area contributed by atoms with Crippen molar-refractivity contribution >= 4 is 31.4 Å². The van der Waals surface area contributed by atoms with E-state index in [1.807, 2.05) is 4.72 Å². The lowest BCUT2D eigenvalue weighted by molar-refractivity contribution is 0.572. The van der Waals surface area contributed by atoms with Crippen molar-refractivity contribution in [2.45, 2.75) is 4.90 Å². The molecule has 0 aliphatic carbocycles. The molecule has 0 saturated carbocycles. The predicted octanol–water partition coefficient (Wildman–Crippen LogP) is -0.467. The number of hydrogen-bond acceptors (Lipinski definition) is 5. The van der Waals surface area contributed by atoms with Crippen molar-refractivity contribution in [2.75, 3.05) is 12.9 Å². The summed E-state index contributed by atoms with van der Waals surface area (Å²) in [6.07, 6.45) is 0.950. The summed E-state index contributed by atoms with van der Waals surface area (Å²) in [7, 11) is -7.00. The predicted molar refractivity (Wildman–Crippen MR) is 57.5 cm³/mol. The second kappa shape index (κ2) is 4.58. The molecule has 0 unspecified atom stereocenters. The van der Waals surface area contributed by atoms with Crippen LogP contribution in [0.2, 0.25) is 0 Å². The Labute approximate surface area is 92.4 Å². The molecular formula is C6H10N2O4S3. The number of sulfonamides is 2. The molecular weight excluding hydrogens is 260 g/mol. The number of nitrogens with one attached hydrogen (secondary N) is 2. The van der Waals surface area contributed by atoms with Crippen molar-refractivity contribution in [3.05, 3.63) is 16.8 Å². The van der Waals surface area contributed by atoms with Gasteiger partial charge in [-0.2, -0.15) is 16.1 Å². The van der Waals surface area contributed by atoms with Crippen LogP contribution >= 0.6 is 11.3 Å². The zero-order valence-corrected chi connectivity index (χ0v) is 10.2. The SMILES string of the molecule is CS(=O)(=O)NCNS(=O)(=O)c1ccsc1. The molecule has 15 heavy (non-hydrogen) atoms. The van der Waals surface area contributed by atoms with Crippen LogP contribution in [-0.4, -0.2) is 29.8 Å². The average Bonchev–Trinajstić information content (AvgIpc) is 2.52. The Morgan fingerprint density at radius 2 is 1.93 bits per heavy atom. The number of hydrogen-bond donors (Lipinski definition) is 2. The van der Waals surface area contributed by atoms with E-state index in [1.165, 1.54) is 22.8 Å². The van der Waals surface area contributed by atoms with Gasteiger partial charge >= 0.3 is 0 Å². The van der Waals surface area contributed by atoms with Crippen LogP contribution in [0, 0.1) is 0 Å². The van der Waals surface area contributed by atoms with Crippen molar-refractivity contribution in [1.29, 1.82) is 0 Å². The average molecular weight is 270 g/mol. The van der Waals surface area contributed by atoms with Crippen LogP contribution in [0.25, 0.3) is 0 Å². The Morgan fingerprint density at radius 1 is 1.27 bits per heavy atom. The first kappa shape index (κ1) is 12.6. The van der Waals surface area contributed by atoms with E-state index in [2.05, 4.69) is 4.72 Å². The molecule has 0 radical (unpaired) electrons. The van der Waals surface area contributed by atoms with Gasteiger partial charge in [0.25, 0.3) is 0 Å². The van der Waals surface area contributed by atoms with E-state index in [4.69, 9.17) is 0 Å². The van der Waals surface area contributed by atoms with Gasteiger partial charge in [-0.25, -0.2) is 21.6 Å². The van der Waals surface area contributed by atoms with Crippen molar-refractivity contribution < 1.29 is 16.8 Å². The van der Waals surface area contributed by atoms with Crippen LogP contribution < -0.4 is 9.44 Å². The smallest absolute Gasteiger partial charge is 0.213 e. The third kappa shape index (κ3) is 4.26. The van der Waals surface area contributed by atoms with Gasteiger partial charge in [0.1, 0.15) is 0 Å². The van der Waals surface area contributed by atoms with Crippen molar-refractivity contribution in [3.8, 4) is 0 Å². The first-order chi connectivity index (χ1) is 6.81. The van der Waals surface area contributed by atoms with Gasteiger partial charge < -0.3 is 0 Å². The molecule has 0 spiro atoms. The maximum absolute atomic E-state index is 11.4. The van der Waals surface area contributed by atoms with Gasteiger partial charge in [-0.1, -0.05) is 0 Å². The lowest BCUT2D eigenvalue weighted by Gasteiger charge is -2.04. The fourth-order valence-corrected chi connectivity index (χ4v) is 3.12. The molecule has 2 N–H and O–H groups in total. The van der Waals surface area contributed by atoms with Gasteiger partial charge in [-0.05, 0) is 11.4 Å². The standard InChI is InChI=1S/C6H10N2O4S3/c1-14(9,10)7-5-8-15(11,12)6-2-3-13-4-6/h2-4,7-8H,5H2,1H3. The Bertz CT molecular complexity index is 503. The van der Waals surface area contributed by atoms with Crippen molar-refractivity contribution in [1.82, 2.24) is 9.44 Å². The Balaban J connectivity index is 2.60. The van der Waals surface area contributed by atoms with Crippen LogP contribution in [-0.2, 0) is 20.0 Å². The van der Waals surface area contributed by atoms with Crippen LogP contribution in [0.5, 0.6) is 0 Å². The monoisotopic (exact) mass is 270 g/mol. The molecule has 1 rings (SSSR count). The van der Waals surface area contributed by atoms with Gasteiger partial charge in [0.2, 0.25) is 20.0 Å². The van der Waals surface area contributed by atoms with Gasteiger partial charge in [-0.15, -0.1) is 0 Å². The summed E-state index contributed by atoms with van der Waals surface area (Å²) >= 11 is 1.25. The molecule has 0 saturated heterocycles. The van der Waals surface area contributed by atoms with Crippen LogP contribution in [0.15, 0.2) is 21.7 Å². The Hall–Kier alpha value is -0.480. The molecule has 0 aliphatic rings. The second-order valence-corrected chi connectivity index (χ2v) is 7.08. The minimum absolute atomic E-state index is 0.128. The van der Waals surface area contributed by atoms with E-state index in [0.717, 1.165) is 6.26 Å². The first-order valence-electron chi connectivity index (χ1n) is 3.78. The topological polar surface area (TPSA) is 92.3 Å². The fourth-order valence-electron chi connectivity index (χ4n) is 0.744. The molecule has 1 heterocycles. The summed E-state index contributed by atoms with van der Waals surface area (Å²) < 4.78 is 48.3. The molecule has 1 aromatic heterocycles. The quantitative estimate of drug-likeness (QED) is 0.708. The highest BCUT2D eigenvalue weighted by atomic mass is 32.2. The van der Waals surface area contributed by atoms with Crippen LogP contribution in [0.4, 0.5) is 0 Å². The van der Waals surface area contributed by atoms with E-state index >= 15 is 0 Å². The molecule has 0 bridgehead atoms. The summed E-state index contributed by atoms with van der Waals surface area (Å²) in [4.78, 5) is 0.128. The minimum atomic E-state index is -3.61. The minimum Gasteiger partial charge on any atom is -0.213 e. The zero-order chi connectivity index (χ0) is 11.5. The highest BCUT2D eigenvalue weighted by molar-refractivity contribution is 7.90. The van der Waals surface area contributed by atoms with Gasteiger partial charge in [0.05, 0.1) is 17.8 Å². The summed E-state index contributed by atoms with van der Waals surface area (Å²) in [5.74, 6) is 0. The maximum atomic E-state index is 11.4. The normalized spacial score (nSPS) is 12.9. The molecule has 0 amide bonds. The van der Waals surface area contributed by atoms with E-state index in [0.29, 0.717) is 0 Å². The molecule has 0 atom stereocenters. The third-order valence-electron chi connectivity index (χ3n) is 1.40. The van der Waals surface area contributed by atoms with Gasteiger partial charge in [0, 0.05) is 5.38 Å². The number of thiophene rings is 1. The summed E-state index contributed by atoms with van der Waals surface area (Å²) in [6, 6.07) is 1.44. The zero-order valence-electron chi connectivity index (χ0n) is 7.80. The summed E-state index contributed by atoms with van der Waals surface area (Å²) in [5.41, 5.74) is 0. The third-order valence-corrected chi connectivity index (χ3v) is 4.30.